The first kappa shape index (κ1) is 14.6. The van der Waals surface area contributed by atoms with E-state index in [0.717, 1.165) is 5.56 Å². The van der Waals surface area contributed by atoms with E-state index in [4.69, 9.17) is 32.7 Å². The normalized spacial score (nSPS) is 10.2. The molecule has 0 saturated carbocycles. The first-order valence-electron chi connectivity index (χ1n) is 5.71. The summed E-state index contributed by atoms with van der Waals surface area (Å²) in [5, 5.41) is 0.882. The van der Waals surface area contributed by atoms with Crippen molar-refractivity contribution >= 4 is 29.2 Å². The van der Waals surface area contributed by atoms with E-state index in [9.17, 15) is 4.79 Å². The van der Waals surface area contributed by atoms with Gasteiger partial charge >= 0.3 is 5.97 Å². The maximum absolute atomic E-state index is 11.8. The van der Waals surface area contributed by atoms with Gasteiger partial charge in [-0.1, -0.05) is 29.3 Å². The molecule has 4 nitrogen and oxygen atoms in total. The molecule has 20 heavy (non-hydrogen) atoms. The number of methoxy groups -OCH3 is 1. The van der Waals surface area contributed by atoms with Crippen LogP contribution in [-0.2, 0) is 11.3 Å². The van der Waals surface area contributed by atoms with E-state index in [2.05, 4.69) is 4.98 Å². The van der Waals surface area contributed by atoms with Crippen LogP contribution >= 0.6 is 23.2 Å². The van der Waals surface area contributed by atoms with Gasteiger partial charge in [-0.05, 0) is 23.8 Å². The number of hydrogen-bond donors (Lipinski definition) is 0. The van der Waals surface area contributed by atoms with Crippen molar-refractivity contribution in [3.05, 3.63) is 57.7 Å². The van der Waals surface area contributed by atoms with Gasteiger partial charge in [0.05, 0.1) is 22.7 Å². The summed E-state index contributed by atoms with van der Waals surface area (Å²) in [6.45, 7) is 0.113. The monoisotopic (exact) mass is 311 g/mol. The Morgan fingerprint density at radius 2 is 2.00 bits per heavy atom. The average Bonchev–Trinajstić information content (AvgIpc) is 2.48. The van der Waals surface area contributed by atoms with Crippen molar-refractivity contribution in [1.82, 2.24) is 4.98 Å². The first-order valence-corrected chi connectivity index (χ1v) is 6.47. The molecule has 0 fully saturated rings. The molecular formula is C14H11Cl2NO3. The van der Waals surface area contributed by atoms with Gasteiger partial charge in [-0.3, -0.25) is 0 Å². The topological polar surface area (TPSA) is 48.4 Å². The molecule has 1 aromatic carbocycles. The number of carbonyl (C=O) groups is 1. The van der Waals surface area contributed by atoms with Gasteiger partial charge in [0.25, 0.3) is 0 Å². The molecule has 0 radical (unpaired) electrons. The molecule has 0 atom stereocenters. The Kier molecular flexibility index (Phi) is 4.82. The molecule has 0 saturated heterocycles. The van der Waals surface area contributed by atoms with Crippen molar-refractivity contribution in [2.45, 2.75) is 6.61 Å². The quantitative estimate of drug-likeness (QED) is 0.807. The van der Waals surface area contributed by atoms with Gasteiger partial charge in [-0.2, -0.15) is 0 Å². The van der Waals surface area contributed by atoms with Gasteiger partial charge in [0, 0.05) is 12.3 Å². The molecule has 1 aromatic heterocycles. The summed E-state index contributed by atoms with van der Waals surface area (Å²) >= 11 is 11.7. The number of nitrogens with zero attached hydrogens (tertiary/aromatic N) is 1. The largest absolute Gasteiger partial charge is 0.481 e. The van der Waals surface area contributed by atoms with Crippen LogP contribution in [-0.4, -0.2) is 18.1 Å². The Hall–Kier alpha value is -1.78. The molecule has 2 rings (SSSR count). The molecule has 0 amide bonds. The van der Waals surface area contributed by atoms with E-state index >= 15 is 0 Å². The zero-order valence-electron chi connectivity index (χ0n) is 10.6. The Bertz CT molecular complexity index is 614. The highest BCUT2D eigenvalue weighted by molar-refractivity contribution is 6.42. The Morgan fingerprint density at radius 3 is 2.60 bits per heavy atom. The molecule has 2 aromatic rings. The van der Waals surface area contributed by atoms with Crippen molar-refractivity contribution < 1.29 is 14.3 Å². The molecule has 0 spiro atoms. The lowest BCUT2D eigenvalue weighted by atomic mass is 10.2. The van der Waals surface area contributed by atoms with Gasteiger partial charge in [0.1, 0.15) is 6.61 Å². The summed E-state index contributed by atoms with van der Waals surface area (Å²) in [5.74, 6) is -0.0303. The number of benzene rings is 1. The number of hydrogen-bond acceptors (Lipinski definition) is 4. The third-order valence-electron chi connectivity index (χ3n) is 2.54. The van der Waals surface area contributed by atoms with Crippen LogP contribution in [0.3, 0.4) is 0 Å². The van der Waals surface area contributed by atoms with E-state index in [1.54, 1.807) is 30.3 Å². The summed E-state index contributed by atoms with van der Waals surface area (Å²) in [7, 11) is 1.50. The predicted molar refractivity (Wildman–Crippen MR) is 76.4 cm³/mol. The standard InChI is InChI=1S/C14H11Cl2NO3/c1-19-13-5-3-10(7-17-13)14(18)20-8-9-2-4-11(15)12(16)6-9/h2-7H,8H2,1H3. The van der Waals surface area contributed by atoms with Crippen molar-refractivity contribution in [3.8, 4) is 5.88 Å². The maximum atomic E-state index is 11.8. The Labute approximate surface area is 126 Å². The number of aromatic nitrogens is 1. The zero-order valence-corrected chi connectivity index (χ0v) is 12.1. The van der Waals surface area contributed by atoms with Crippen LogP contribution in [0.1, 0.15) is 15.9 Å². The van der Waals surface area contributed by atoms with Crippen LogP contribution < -0.4 is 4.74 Å². The lowest BCUT2D eigenvalue weighted by molar-refractivity contribution is 0.0472. The molecular weight excluding hydrogens is 301 g/mol. The number of ether oxygens (including phenoxy) is 2. The highest BCUT2D eigenvalue weighted by Gasteiger charge is 2.09. The second kappa shape index (κ2) is 6.59. The molecule has 0 aliphatic carbocycles. The minimum Gasteiger partial charge on any atom is -0.481 e. The van der Waals surface area contributed by atoms with Crippen LogP contribution in [0.2, 0.25) is 10.0 Å². The van der Waals surface area contributed by atoms with Gasteiger partial charge in [-0.25, -0.2) is 9.78 Å². The molecule has 0 aliphatic rings. The lowest BCUT2D eigenvalue weighted by Crippen LogP contribution is -2.05. The number of rotatable bonds is 4. The highest BCUT2D eigenvalue weighted by atomic mass is 35.5. The molecule has 0 unspecified atom stereocenters. The number of carbonyl (C=O) groups excluding carboxylic acids is 1. The summed E-state index contributed by atoms with van der Waals surface area (Å²) in [6.07, 6.45) is 1.40. The summed E-state index contributed by atoms with van der Waals surface area (Å²) < 4.78 is 10.1. The first-order chi connectivity index (χ1) is 9.60. The van der Waals surface area contributed by atoms with Crippen LogP contribution in [0, 0.1) is 0 Å². The molecule has 0 N–H and O–H groups in total. The fourth-order valence-corrected chi connectivity index (χ4v) is 1.80. The van der Waals surface area contributed by atoms with Crippen molar-refractivity contribution in [2.24, 2.45) is 0 Å². The smallest absolute Gasteiger partial charge is 0.340 e. The van der Waals surface area contributed by atoms with Gasteiger partial charge in [0.2, 0.25) is 5.88 Å². The molecule has 104 valence electrons. The SMILES string of the molecule is COc1ccc(C(=O)OCc2ccc(Cl)c(Cl)c2)cn1. The summed E-state index contributed by atoms with van der Waals surface area (Å²) in [6, 6.07) is 8.23. The molecule has 0 aliphatic heterocycles. The van der Waals surface area contributed by atoms with Crippen molar-refractivity contribution in [3.63, 3.8) is 0 Å². The third kappa shape index (κ3) is 3.62. The summed E-state index contributed by atoms with van der Waals surface area (Å²) in [4.78, 5) is 15.7. The van der Waals surface area contributed by atoms with Gasteiger partial charge < -0.3 is 9.47 Å². The maximum Gasteiger partial charge on any atom is 0.340 e. The minimum absolute atomic E-state index is 0.113. The van der Waals surface area contributed by atoms with Crippen LogP contribution in [0.5, 0.6) is 5.88 Å². The Morgan fingerprint density at radius 1 is 1.20 bits per heavy atom. The second-order valence-corrected chi connectivity index (χ2v) is 4.73. The molecule has 0 bridgehead atoms. The average molecular weight is 312 g/mol. The highest BCUT2D eigenvalue weighted by Crippen LogP contribution is 2.23. The van der Waals surface area contributed by atoms with Gasteiger partial charge in [-0.15, -0.1) is 0 Å². The van der Waals surface area contributed by atoms with Crippen LogP contribution in [0.25, 0.3) is 0 Å². The van der Waals surface area contributed by atoms with Crippen LogP contribution in [0.4, 0.5) is 0 Å². The number of pyridine rings is 1. The molecule has 1 heterocycles. The van der Waals surface area contributed by atoms with E-state index in [0.29, 0.717) is 21.5 Å². The van der Waals surface area contributed by atoms with E-state index in [1.807, 2.05) is 0 Å². The van der Waals surface area contributed by atoms with Gasteiger partial charge in [0.15, 0.2) is 0 Å². The number of halogens is 2. The van der Waals surface area contributed by atoms with E-state index < -0.39 is 5.97 Å². The number of esters is 1. The Balaban J connectivity index is 1.98. The fraction of sp³-hybridized carbons (Fsp3) is 0.143. The molecule has 6 heteroatoms. The lowest BCUT2D eigenvalue weighted by Gasteiger charge is -2.06. The van der Waals surface area contributed by atoms with Crippen LogP contribution in [0.15, 0.2) is 36.5 Å². The zero-order chi connectivity index (χ0) is 14.5. The van der Waals surface area contributed by atoms with Crippen molar-refractivity contribution in [2.75, 3.05) is 7.11 Å². The van der Waals surface area contributed by atoms with E-state index in [-0.39, 0.29) is 6.61 Å². The van der Waals surface area contributed by atoms with E-state index in [1.165, 1.54) is 13.3 Å². The predicted octanol–water partition coefficient (Wildman–Crippen LogP) is 3.75. The minimum atomic E-state index is -0.466. The second-order valence-electron chi connectivity index (χ2n) is 3.91. The summed E-state index contributed by atoms with van der Waals surface area (Å²) in [5.41, 5.74) is 1.11. The third-order valence-corrected chi connectivity index (χ3v) is 3.27. The fourth-order valence-electron chi connectivity index (χ4n) is 1.48. The van der Waals surface area contributed by atoms with Crippen molar-refractivity contribution in [1.29, 1.82) is 0 Å².